The molecule has 2 heterocycles. The largest absolute Gasteiger partial charge is 0.370 e. The highest BCUT2D eigenvalue weighted by molar-refractivity contribution is 6.03. The number of aromatic nitrogens is 1. The molecule has 0 saturated carbocycles. The summed E-state index contributed by atoms with van der Waals surface area (Å²) in [4.78, 5) is 18.8. The molecule has 0 unspecified atom stereocenters. The third-order valence-corrected chi connectivity index (χ3v) is 3.74. The quantitative estimate of drug-likeness (QED) is 0.939. The molecule has 3 rings (SSSR count). The number of benzene rings is 1. The van der Waals surface area contributed by atoms with Crippen molar-refractivity contribution in [1.82, 2.24) is 4.98 Å². The lowest BCUT2D eigenvalue weighted by Gasteiger charge is -2.17. The minimum atomic E-state index is -0.125. The maximum Gasteiger partial charge on any atom is 0.256 e. The van der Waals surface area contributed by atoms with Gasteiger partial charge in [-0.15, -0.1) is 0 Å². The molecule has 2 aromatic rings. The van der Waals surface area contributed by atoms with Crippen LogP contribution < -0.4 is 10.2 Å². The Labute approximate surface area is 124 Å². The van der Waals surface area contributed by atoms with E-state index >= 15 is 0 Å². The Morgan fingerprint density at radius 3 is 2.67 bits per heavy atom. The molecule has 0 spiro atoms. The van der Waals surface area contributed by atoms with Gasteiger partial charge in [-0.2, -0.15) is 0 Å². The summed E-state index contributed by atoms with van der Waals surface area (Å²) < 4.78 is 0. The second kappa shape index (κ2) is 5.95. The summed E-state index contributed by atoms with van der Waals surface area (Å²) in [5.74, 6) is 0.463. The number of carbonyl (C=O) groups is 1. The number of nitrogens with one attached hydrogen (secondary N) is 1. The van der Waals surface area contributed by atoms with Crippen LogP contribution in [0.4, 0.5) is 11.5 Å². The van der Waals surface area contributed by atoms with Crippen LogP contribution in [0.5, 0.6) is 0 Å². The molecule has 1 aromatic heterocycles. The van der Waals surface area contributed by atoms with E-state index < -0.39 is 0 Å². The molecule has 0 radical (unpaired) electrons. The van der Waals surface area contributed by atoms with Gasteiger partial charge in [-0.1, -0.05) is 17.7 Å². The first-order chi connectivity index (χ1) is 10.2. The van der Waals surface area contributed by atoms with Gasteiger partial charge in [-0.3, -0.25) is 4.79 Å². The third-order valence-electron chi connectivity index (χ3n) is 3.74. The van der Waals surface area contributed by atoms with Crippen LogP contribution in [-0.4, -0.2) is 24.0 Å². The van der Waals surface area contributed by atoms with Gasteiger partial charge in [-0.25, -0.2) is 4.98 Å². The Bertz CT molecular complexity index is 631. The zero-order valence-electron chi connectivity index (χ0n) is 12.2. The minimum absolute atomic E-state index is 0.125. The number of nitrogens with zero attached hydrogens (tertiary/aromatic N) is 2. The van der Waals surface area contributed by atoms with E-state index in [1.807, 2.05) is 43.5 Å². The van der Waals surface area contributed by atoms with E-state index in [1.165, 1.54) is 12.8 Å². The molecular weight excluding hydrogens is 262 g/mol. The summed E-state index contributed by atoms with van der Waals surface area (Å²) in [6.45, 7) is 4.16. The summed E-state index contributed by atoms with van der Waals surface area (Å²) in [6.07, 6.45) is 4.31. The normalized spacial score (nSPS) is 14.2. The van der Waals surface area contributed by atoms with E-state index in [4.69, 9.17) is 0 Å². The van der Waals surface area contributed by atoms with Gasteiger partial charge in [0.05, 0.1) is 11.9 Å². The molecule has 4 heteroatoms. The van der Waals surface area contributed by atoms with E-state index in [2.05, 4.69) is 15.2 Å². The highest BCUT2D eigenvalue weighted by Gasteiger charge is 2.13. The molecular formula is C17H19N3O. The Morgan fingerprint density at radius 1 is 1.19 bits per heavy atom. The van der Waals surface area contributed by atoms with Crippen LogP contribution in [0.25, 0.3) is 0 Å². The monoisotopic (exact) mass is 281 g/mol. The van der Waals surface area contributed by atoms with Crippen LogP contribution in [0.1, 0.15) is 28.8 Å². The summed E-state index contributed by atoms with van der Waals surface area (Å²) in [6, 6.07) is 11.4. The molecule has 1 aromatic carbocycles. The molecule has 1 amide bonds. The fraction of sp³-hybridized carbons (Fsp3) is 0.294. The number of amides is 1. The number of rotatable bonds is 3. The van der Waals surface area contributed by atoms with Gasteiger partial charge in [0.1, 0.15) is 5.82 Å². The van der Waals surface area contributed by atoms with Gasteiger partial charge >= 0.3 is 0 Å². The second-order valence-corrected chi connectivity index (χ2v) is 5.42. The Morgan fingerprint density at radius 2 is 2.00 bits per heavy atom. The van der Waals surface area contributed by atoms with E-state index in [0.717, 1.165) is 24.3 Å². The maximum atomic E-state index is 12.1. The summed E-state index contributed by atoms with van der Waals surface area (Å²) in [5, 5.41) is 2.83. The number of carbonyl (C=O) groups excluding carboxylic acids is 1. The van der Waals surface area contributed by atoms with Gasteiger partial charge in [0.25, 0.3) is 5.91 Å². The van der Waals surface area contributed by atoms with Gasteiger partial charge < -0.3 is 10.2 Å². The lowest BCUT2D eigenvalue weighted by Crippen LogP contribution is -2.18. The van der Waals surface area contributed by atoms with Crippen LogP contribution in [0.2, 0.25) is 0 Å². The lowest BCUT2D eigenvalue weighted by molar-refractivity contribution is 0.102. The standard InChI is InChI=1S/C17H19N3O/c1-13-5-4-6-14(11-13)17(21)19-16-8-7-15(12-18-16)20-9-2-3-10-20/h4-8,11-12H,2-3,9-10H2,1H3,(H,18,19,21). The minimum Gasteiger partial charge on any atom is -0.370 e. The second-order valence-electron chi connectivity index (χ2n) is 5.42. The van der Waals surface area contributed by atoms with Crippen molar-refractivity contribution in [1.29, 1.82) is 0 Å². The van der Waals surface area contributed by atoms with Crippen LogP contribution in [0.3, 0.4) is 0 Å². The molecule has 1 aliphatic rings. The average molecular weight is 281 g/mol. The third kappa shape index (κ3) is 3.21. The van der Waals surface area contributed by atoms with Crippen molar-refractivity contribution in [3.05, 3.63) is 53.7 Å². The highest BCUT2D eigenvalue weighted by atomic mass is 16.1. The van der Waals surface area contributed by atoms with Gasteiger partial charge in [0.2, 0.25) is 0 Å². The molecule has 108 valence electrons. The zero-order valence-corrected chi connectivity index (χ0v) is 12.2. The van der Waals surface area contributed by atoms with Crippen molar-refractivity contribution >= 4 is 17.4 Å². The van der Waals surface area contributed by atoms with Gasteiger partial charge in [-0.05, 0) is 44.0 Å². The summed E-state index contributed by atoms with van der Waals surface area (Å²) in [5.41, 5.74) is 2.85. The SMILES string of the molecule is Cc1cccc(C(=O)Nc2ccc(N3CCCC3)cn2)c1. The van der Waals surface area contributed by atoms with E-state index in [0.29, 0.717) is 11.4 Å². The fourth-order valence-electron chi connectivity index (χ4n) is 2.60. The lowest BCUT2D eigenvalue weighted by atomic mass is 10.1. The first kappa shape index (κ1) is 13.6. The number of hydrogen-bond donors (Lipinski definition) is 1. The van der Waals surface area contributed by atoms with Crippen molar-refractivity contribution in [3.8, 4) is 0 Å². The maximum absolute atomic E-state index is 12.1. The Balaban J connectivity index is 1.68. The van der Waals surface area contributed by atoms with Crippen molar-refractivity contribution in [2.75, 3.05) is 23.3 Å². The van der Waals surface area contributed by atoms with Crippen molar-refractivity contribution < 1.29 is 4.79 Å². The number of hydrogen-bond acceptors (Lipinski definition) is 3. The Kier molecular flexibility index (Phi) is 3.86. The molecule has 0 aliphatic carbocycles. The molecule has 1 N–H and O–H groups in total. The van der Waals surface area contributed by atoms with Crippen LogP contribution in [0.15, 0.2) is 42.6 Å². The zero-order chi connectivity index (χ0) is 14.7. The number of anilines is 2. The topological polar surface area (TPSA) is 45.2 Å². The van der Waals surface area contributed by atoms with E-state index in [1.54, 1.807) is 6.07 Å². The van der Waals surface area contributed by atoms with Crippen LogP contribution in [0, 0.1) is 6.92 Å². The first-order valence-corrected chi connectivity index (χ1v) is 7.31. The van der Waals surface area contributed by atoms with E-state index in [9.17, 15) is 4.79 Å². The van der Waals surface area contributed by atoms with E-state index in [-0.39, 0.29) is 5.91 Å². The smallest absolute Gasteiger partial charge is 0.256 e. The summed E-state index contributed by atoms with van der Waals surface area (Å²) in [7, 11) is 0. The van der Waals surface area contributed by atoms with Crippen molar-refractivity contribution in [2.45, 2.75) is 19.8 Å². The molecule has 0 atom stereocenters. The van der Waals surface area contributed by atoms with Gasteiger partial charge in [0.15, 0.2) is 0 Å². The molecule has 1 saturated heterocycles. The predicted octanol–water partition coefficient (Wildman–Crippen LogP) is 3.24. The molecule has 4 nitrogen and oxygen atoms in total. The van der Waals surface area contributed by atoms with Gasteiger partial charge in [0, 0.05) is 18.7 Å². The number of pyridine rings is 1. The van der Waals surface area contributed by atoms with Crippen molar-refractivity contribution in [2.24, 2.45) is 0 Å². The average Bonchev–Trinajstić information content (AvgIpc) is 3.02. The fourth-order valence-corrected chi connectivity index (χ4v) is 2.60. The molecule has 21 heavy (non-hydrogen) atoms. The van der Waals surface area contributed by atoms with Crippen LogP contribution >= 0.6 is 0 Å². The predicted molar refractivity (Wildman–Crippen MR) is 84.8 cm³/mol. The van der Waals surface area contributed by atoms with Crippen molar-refractivity contribution in [3.63, 3.8) is 0 Å². The molecule has 0 bridgehead atoms. The summed E-state index contributed by atoms with van der Waals surface area (Å²) >= 11 is 0. The highest BCUT2D eigenvalue weighted by Crippen LogP contribution is 2.20. The first-order valence-electron chi connectivity index (χ1n) is 7.31. The molecule has 1 fully saturated rings. The number of aryl methyl sites for hydroxylation is 1. The van der Waals surface area contributed by atoms with Crippen LogP contribution in [-0.2, 0) is 0 Å². The molecule has 1 aliphatic heterocycles. The Hall–Kier alpha value is -2.36.